The molecule has 2 aliphatic carbocycles. The molecule has 0 radical (unpaired) electrons. The van der Waals surface area contributed by atoms with Gasteiger partial charge in [0.05, 0.1) is 5.41 Å². The standard InChI is InChI=1S/C18H14ClN3O.C12H12N2.C6H3Cl2NO/c19-14-5-8-21-16(9-14)17(23)22-11-13-10-18(13,12-22)6-4-15-3-1-2-7-20-15;1-2-6-14-11(3-1)4-5-12-7-10(12)8-13-9-12;7-4-1-2-9-5(3-4)6(8)10/h1-3,5,7-9,13H,10-12H2;1-3,6,10,13H,7-9H2;1-3H. The first-order valence-corrected chi connectivity index (χ1v) is 16.2. The molecule has 8 nitrogen and oxygen atoms in total. The van der Waals surface area contributed by atoms with E-state index in [9.17, 15) is 9.59 Å². The molecular formula is C36H29Cl3N6O2. The molecule has 4 unspecified atom stereocenters. The van der Waals surface area contributed by atoms with Crippen LogP contribution in [-0.2, 0) is 0 Å². The largest absolute Gasteiger partial charge is 0.335 e. The first-order chi connectivity index (χ1) is 22.8. The third kappa shape index (κ3) is 8.16. The number of amides is 1. The van der Waals surface area contributed by atoms with Crippen molar-refractivity contribution in [1.82, 2.24) is 30.2 Å². The highest BCUT2D eigenvalue weighted by Gasteiger charge is 2.60. The third-order valence-corrected chi connectivity index (χ3v) is 9.23. The van der Waals surface area contributed by atoms with Crippen LogP contribution in [0.2, 0.25) is 10.0 Å². The Hall–Kier alpha value is -4.31. The minimum Gasteiger partial charge on any atom is -0.335 e. The monoisotopic (exact) mass is 682 g/mol. The van der Waals surface area contributed by atoms with E-state index < -0.39 is 5.24 Å². The van der Waals surface area contributed by atoms with E-state index in [1.54, 1.807) is 36.8 Å². The summed E-state index contributed by atoms with van der Waals surface area (Å²) in [5.41, 5.74) is 2.47. The number of hydrogen-bond acceptors (Lipinski definition) is 7. The number of nitrogens with one attached hydrogen (secondary N) is 1. The number of carbonyl (C=O) groups excluding carboxylic acids is 2. The minimum absolute atomic E-state index is 0.0637. The molecule has 236 valence electrons. The Morgan fingerprint density at radius 2 is 1.36 bits per heavy atom. The summed E-state index contributed by atoms with van der Waals surface area (Å²) < 4.78 is 0. The summed E-state index contributed by atoms with van der Waals surface area (Å²) in [6.07, 6.45) is 8.85. The summed E-state index contributed by atoms with van der Waals surface area (Å²) in [4.78, 5) is 41.0. The molecule has 2 saturated heterocycles. The molecule has 8 rings (SSSR count). The van der Waals surface area contributed by atoms with Crippen LogP contribution in [-0.4, -0.2) is 62.2 Å². The topological polar surface area (TPSA) is 101 Å². The third-order valence-electron chi connectivity index (χ3n) is 8.57. The molecule has 47 heavy (non-hydrogen) atoms. The maximum absolute atomic E-state index is 12.5. The van der Waals surface area contributed by atoms with Crippen molar-refractivity contribution in [2.45, 2.75) is 12.8 Å². The predicted molar refractivity (Wildman–Crippen MR) is 181 cm³/mol. The van der Waals surface area contributed by atoms with Gasteiger partial charge in [0.25, 0.3) is 11.1 Å². The van der Waals surface area contributed by atoms with Gasteiger partial charge in [-0.3, -0.25) is 19.6 Å². The number of carbonyl (C=O) groups is 2. The van der Waals surface area contributed by atoms with Crippen molar-refractivity contribution in [3.63, 3.8) is 0 Å². The second-order valence-electron chi connectivity index (χ2n) is 11.9. The van der Waals surface area contributed by atoms with Crippen LogP contribution in [0.1, 0.15) is 45.2 Å². The van der Waals surface area contributed by atoms with Crippen molar-refractivity contribution in [1.29, 1.82) is 0 Å². The summed E-state index contributed by atoms with van der Waals surface area (Å²) in [5.74, 6) is 14.2. The normalized spacial score (nSPS) is 23.9. The molecule has 4 fully saturated rings. The molecule has 1 amide bonds. The zero-order valence-electron chi connectivity index (χ0n) is 25.2. The highest BCUT2D eigenvalue weighted by atomic mass is 35.5. The summed E-state index contributed by atoms with van der Waals surface area (Å²) in [6.45, 7) is 3.61. The number of halogens is 3. The molecule has 0 spiro atoms. The minimum atomic E-state index is -0.595. The molecule has 4 aromatic heterocycles. The fourth-order valence-corrected chi connectivity index (χ4v) is 6.23. The van der Waals surface area contributed by atoms with E-state index in [2.05, 4.69) is 48.9 Å². The Bertz CT molecular complexity index is 1910. The summed E-state index contributed by atoms with van der Waals surface area (Å²) >= 11 is 16.6. The second kappa shape index (κ2) is 14.2. The molecule has 6 heterocycles. The van der Waals surface area contributed by atoms with Crippen molar-refractivity contribution < 1.29 is 9.59 Å². The van der Waals surface area contributed by atoms with Crippen molar-refractivity contribution >= 4 is 46.0 Å². The first-order valence-electron chi connectivity index (χ1n) is 15.1. The average molecular weight is 684 g/mol. The highest BCUT2D eigenvalue weighted by Crippen LogP contribution is 2.57. The maximum atomic E-state index is 12.5. The van der Waals surface area contributed by atoms with Gasteiger partial charge in [0.15, 0.2) is 0 Å². The number of pyridine rings is 4. The Morgan fingerprint density at radius 1 is 0.766 bits per heavy atom. The van der Waals surface area contributed by atoms with Crippen LogP contribution in [0.5, 0.6) is 0 Å². The van der Waals surface area contributed by atoms with Crippen LogP contribution in [0.3, 0.4) is 0 Å². The van der Waals surface area contributed by atoms with Crippen molar-refractivity contribution in [3.05, 3.63) is 118 Å². The van der Waals surface area contributed by atoms with Crippen LogP contribution in [0.4, 0.5) is 0 Å². The summed E-state index contributed by atoms with van der Waals surface area (Å²) in [5, 5.41) is 3.76. The molecule has 4 atom stereocenters. The van der Waals surface area contributed by atoms with Gasteiger partial charge in [-0.2, -0.15) is 0 Å². The van der Waals surface area contributed by atoms with Crippen LogP contribution in [0.15, 0.2) is 85.5 Å². The molecular weight excluding hydrogens is 655 g/mol. The Labute approximate surface area is 288 Å². The van der Waals surface area contributed by atoms with E-state index in [-0.39, 0.29) is 17.0 Å². The van der Waals surface area contributed by atoms with E-state index in [0.717, 1.165) is 43.4 Å². The lowest BCUT2D eigenvalue weighted by molar-refractivity contribution is 0.0764. The van der Waals surface area contributed by atoms with Gasteiger partial charge in [-0.25, -0.2) is 9.97 Å². The van der Waals surface area contributed by atoms with Crippen LogP contribution < -0.4 is 5.32 Å². The number of aromatic nitrogens is 4. The molecule has 2 aliphatic heterocycles. The lowest BCUT2D eigenvalue weighted by atomic mass is 10.1. The van der Waals surface area contributed by atoms with Gasteiger partial charge < -0.3 is 10.2 Å². The van der Waals surface area contributed by atoms with E-state index >= 15 is 0 Å². The quantitative estimate of drug-likeness (QED) is 0.211. The van der Waals surface area contributed by atoms with Gasteiger partial charge in [-0.15, -0.1) is 0 Å². The van der Waals surface area contributed by atoms with Gasteiger partial charge in [0, 0.05) is 59.9 Å². The predicted octanol–water partition coefficient (Wildman–Crippen LogP) is 5.80. The fourth-order valence-electron chi connectivity index (χ4n) is 5.81. The van der Waals surface area contributed by atoms with E-state index in [4.69, 9.17) is 34.8 Å². The number of piperidine rings is 2. The number of rotatable bonds is 2. The molecule has 4 aliphatic rings. The molecule has 4 aromatic rings. The average Bonchev–Trinajstić information content (AvgIpc) is 3.87. The van der Waals surface area contributed by atoms with Crippen LogP contribution in [0, 0.1) is 46.3 Å². The van der Waals surface area contributed by atoms with Gasteiger partial charge in [0.2, 0.25) is 0 Å². The number of likely N-dealkylation sites (tertiary alicyclic amines) is 1. The number of hydrogen-bond donors (Lipinski definition) is 1. The van der Waals surface area contributed by atoms with Gasteiger partial charge in [-0.05, 0) is 103 Å². The summed E-state index contributed by atoms with van der Waals surface area (Å²) in [7, 11) is 0. The molecule has 11 heteroatoms. The van der Waals surface area contributed by atoms with Gasteiger partial charge >= 0.3 is 0 Å². The maximum Gasteiger partial charge on any atom is 0.272 e. The Balaban J connectivity index is 0.000000137. The smallest absolute Gasteiger partial charge is 0.272 e. The molecule has 0 aromatic carbocycles. The van der Waals surface area contributed by atoms with Crippen LogP contribution in [0.25, 0.3) is 0 Å². The Kier molecular flexibility index (Phi) is 9.87. The first kappa shape index (κ1) is 32.6. The Morgan fingerprint density at radius 3 is 1.87 bits per heavy atom. The number of nitrogens with zero attached hydrogens (tertiary/aromatic N) is 5. The van der Waals surface area contributed by atoms with E-state index in [0.29, 0.717) is 33.6 Å². The van der Waals surface area contributed by atoms with Crippen molar-refractivity contribution in [2.24, 2.45) is 22.7 Å². The van der Waals surface area contributed by atoms with E-state index in [1.165, 1.54) is 18.7 Å². The molecule has 1 N–H and O–H groups in total. The van der Waals surface area contributed by atoms with Crippen molar-refractivity contribution in [2.75, 3.05) is 26.2 Å². The van der Waals surface area contributed by atoms with E-state index in [1.807, 2.05) is 41.3 Å². The second-order valence-corrected chi connectivity index (χ2v) is 13.1. The fraction of sp³-hybridized carbons (Fsp3) is 0.278. The van der Waals surface area contributed by atoms with Gasteiger partial charge in [0.1, 0.15) is 22.8 Å². The zero-order valence-corrected chi connectivity index (χ0v) is 27.4. The molecule has 2 saturated carbocycles. The number of fused-ring (bicyclic) bond motifs is 2. The van der Waals surface area contributed by atoms with Gasteiger partial charge in [-0.1, -0.05) is 47.2 Å². The molecule has 0 bridgehead atoms. The SMILES string of the molecule is C(#CC12CNCC1C2)c1ccccn1.O=C(Cl)c1cc(Cl)ccn1.O=C(c1cc(Cl)ccn1)N1CC2CC2(C#Cc2ccccn2)C1. The zero-order chi connectivity index (χ0) is 32.9. The van der Waals surface area contributed by atoms with Crippen molar-refractivity contribution in [3.8, 4) is 23.7 Å². The van der Waals surface area contributed by atoms with Crippen LogP contribution >= 0.6 is 34.8 Å². The lowest BCUT2D eigenvalue weighted by Gasteiger charge is -2.18. The lowest BCUT2D eigenvalue weighted by Crippen LogP contribution is -2.32. The highest BCUT2D eigenvalue weighted by molar-refractivity contribution is 6.67. The summed E-state index contributed by atoms with van der Waals surface area (Å²) in [6, 6.07) is 17.8.